The van der Waals surface area contributed by atoms with E-state index < -0.39 is 0 Å². The zero-order valence-electron chi connectivity index (χ0n) is 15.9. The van der Waals surface area contributed by atoms with Crippen LogP contribution >= 0.6 is 24.0 Å². The van der Waals surface area contributed by atoms with Crippen LogP contribution in [0.3, 0.4) is 0 Å². The number of nitrogens with zero attached hydrogens (tertiary/aromatic N) is 4. The number of hydrogen-bond acceptors (Lipinski definition) is 5. The largest absolute Gasteiger partial charge is 0.493 e. The van der Waals surface area contributed by atoms with E-state index in [1.807, 2.05) is 50.6 Å². The molecule has 8 nitrogen and oxygen atoms in total. The van der Waals surface area contributed by atoms with Crippen LogP contribution in [0, 0.1) is 6.92 Å². The molecule has 1 heterocycles. The monoisotopic (exact) mass is 474 g/mol. The van der Waals surface area contributed by atoms with Gasteiger partial charge in [0, 0.05) is 25.3 Å². The molecule has 0 saturated heterocycles. The van der Waals surface area contributed by atoms with Gasteiger partial charge in [-0.3, -0.25) is 0 Å². The lowest BCUT2D eigenvalue weighted by Gasteiger charge is -2.14. The number of aryl methyl sites for hydroxylation is 1. The second-order valence-electron chi connectivity index (χ2n) is 5.34. The first-order valence-electron chi connectivity index (χ1n) is 8.30. The number of hydrogen-bond donors (Lipinski definition) is 2. The number of methoxy groups -OCH3 is 1. The van der Waals surface area contributed by atoms with E-state index in [1.165, 1.54) is 0 Å². The number of ether oxygens (including phenoxy) is 2. The van der Waals surface area contributed by atoms with Gasteiger partial charge in [-0.15, -0.1) is 34.2 Å². The van der Waals surface area contributed by atoms with Crippen LogP contribution in [0.5, 0.6) is 11.5 Å². The van der Waals surface area contributed by atoms with E-state index in [4.69, 9.17) is 9.47 Å². The van der Waals surface area contributed by atoms with Crippen molar-refractivity contribution >= 4 is 35.6 Å². The summed E-state index contributed by atoms with van der Waals surface area (Å²) in [5, 5.41) is 14.7. The van der Waals surface area contributed by atoms with Crippen LogP contribution in [0.15, 0.2) is 23.2 Å². The molecule has 0 atom stereocenters. The molecule has 0 saturated carbocycles. The Morgan fingerprint density at radius 1 is 1.23 bits per heavy atom. The molecule has 144 valence electrons. The maximum atomic E-state index is 5.54. The van der Waals surface area contributed by atoms with Gasteiger partial charge in [0.05, 0.1) is 13.7 Å². The molecule has 2 N–H and O–H groups in total. The molecule has 0 spiro atoms. The van der Waals surface area contributed by atoms with Gasteiger partial charge >= 0.3 is 0 Å². The molecule has 0 aliphatic rings. The zero-order chi connectivity index (χ0) is 18.2. The Morgan fingerprint density at radius 3 is 2.58 bits per heavy atom. The minimum absolute atomic E-state index is 0. The Hall–Kier alpha value is -2.04. The summed E-state index contributed by atoms with van der Waals surface area (Å²) in [5.74, 6) is 3.71. The number of guanidine groups is 1. The van der Waals surface area contributed by atoms with Crippen molar-refractivity contribution in [3.8, 4) is 11.5 Å². The molecular weight excluding hydrogens is 447 g/mol. The lowest BCUT2D eigenvalue weighted by Crippen LogP contribution is -2.30. The van der Waals surface area contributed by atoms with Crippen molar-refractivity contribution in [3.63, 3.8) is 0 Å². The molecule has 1 aromatic heterocycles. The van der Waals surface area contributed by atoms with E-state index in [2.05, 4.69) is 25.8 Å². The summed E-state index contributed by atoms with van der Waals surface area (Å²) in [6.45, 7) is 7.64. The summed E-state index contributed by atoms with van der Waals surface area (Å²) < 4.78 is 12.8. The lowest BCUT2D eigenvalue weighted by molar-refractivity contribution is 0.311. The fourth-order valence-electron chi connectivity index (χ4n) is 2.20. The highest BCUT2D eigenvalue weighted by molar-refractivity contribution is 14.0. The Labute approximate surface area is 171 Å². The van der Waals surface area contributed by atoms with Crippen molar-refractivity contribution in [1.29, 1.82) is 0 Å². The topological polar surface area (TPSA) is 85.6 Å². The Kier molecular flexibility index (Phi) is 9.17. The van der Waals surface area contributed by atoms with Gasteiger partial charge in [-0.1, -0.05) is 0 Å². The summed E-state index contributed by atoms with van der Waals surface area (Å²) in [6.07, 6.45) is 0. The summed E-state index contributed by atoms with van der Waals surface area (Å²) in [4.78, 5) is 4.57. The Bertz CT molecular complexity index is 732. The Morgan fingerprint density at radius 2 is 2.00 bits per heavy atom. The number of benzene rings is 1. The number of nitrogens with one attached hydrogen (secondary N) is 2. The molecule has 0 aliphatic heterocycles. The van der Waals surface area contributed by atoms with Gasteiger partial charge < -0.3 is 24.7 Å². The molecule has 1 aromatic carbocycles. The predicted molar refractivity (Wildman–Crippen MR) is 114 cm³/mol. The zero-order valence-corrected chi connectivity index (χ0v) is 18.2. The van der Waals surface area contributed by atoms with Crippen molar-refractivity contribution < 1.29 is 9.47 Å². The quantitative estimate of drug-likeness (QED) is 0.365. The maximum Gasteiger partial charge on any atom is 0.196 e. The van der Waals surface area contributed by atoms with Crippen molar-refractivity contribution in [2.24, 2.45) is 12.0 Å². The van der Waals surface area contributed by atoms with Gasteiger partial charge in [0.1, 0.15) is 12.4 Å². The van der Waals surface area contributed by atoms with Crippen molar-refractivity contribution in [3.05, 3.63) is 29.8 Å². The van der Waals surface area contributed by atoms with E-state index in [1.54, 1.807) is 7.11 Å². The molecule has 2 rings (SSSR count). The van der Waals surface area contributed by atoms with Crippen LogP contribution < -0.4 is 20.1 Å². The summed E-state index contributed by atoms with van der Waals surface area (Å²) in [7, 11) is 3.55. The van der Waals surface area contributed by atoms with Crippen LogP contribution in [0.4, 0.5) is 5.69 Å². The standard InChI is InChI=1S/C17H26N6O2.HI/c1-6-18-17(19-11-16-22-21-12(3)23(16)4)20-13-8-9-14(25-7-2)15(10-13)24-5;/h8-10H,6-7,11H2,1-5H3,(H2,18,19,20);1H. The third kappa shape index (κ3) is 5.75. The maximum absolute atomic E-state index is 5.54. The van der Waals surface area contributed by atoms with Crippen LogP contribution in [0.1, 0.15) is 25.5 Å². The number of aromatic nitrogens is 3. The SMILES string of the molecule is CCNC(=NCc1nnc(C)n1C)Nc1ccc(OCC)c(OC)c1.I. The highest BCUT2D eigenvalue weighted by atomic mass is 127. The molecule has 2 aromatic rings. The Balaban J connectivity index is 0.00000338. The van der Waals surface area contributed by atoms with Crippen molar-refractivity contribution in [2.75, 3.05) is 25.6 Å². The molecule has 0 aliphatic carbocycles. The first kappa shape index (κ1) is 22.0. The second kappa shape index (κ2) is 10.8. The van der Waals surface area contributed by atoms with Crippen LogP contribution in [0.2, 0.25) is 0 Å². The van der Waals surface area contributed by atoms with E-state index in [0.29, 0.717) is 30.6 Å². The molecule has 0 amide bonds. The third-order valence-corrected chi connectivity index (χ3v) is 3.63. The van der Waals surface area contributed by atoms with E-state index in [0.717, 1.165) is 23.9 Å². The number of aliphatic imine (C=N–C) groups is 1. The summed E-state index contributed by atoms with van der Waals surface area (Å²) in [5.41, 5.74) is 0.856. The minimum atomic E-state index is 0. The van der Waals surface area contributed by atoms with E-state index >= 15 is 0 Å². The average Bonchev–Trinajstić information content (AvgIpc) is 2.93. The smallest absolute Gasteiger partial charge is 0.196 e. The molecule has 0 bridgehead atoms. The van der Waals surface area contributed by atoms with Crippen LogP contribution in [0.25, 0.3) is 0 Å². The molecule has 0 unspecified atom stereocenters. The lowest BCUT2D eigenvalue weighted by atomic mass is 10.2. The minimum Gasteiger partial charge on any atom is -0.493 e. The van der Waals surface area contributed by atoms with Gasteiger partial charge in [0.2, 0.25) is 0 Å². The van der Waals surface area contributed by atoms with Crippen molar-refractivity contribution in [2.45, 2.75) is 27.3 Å². The first-order chi connectivity index (χ1) is 12.1. The van der Waals surface area contributed by atoms with Gasteiger partial charge in [0.25, 0.3) is 0 Å². The molecular formula is C17H27IN6O2. The third-order valence-electron chi connectivity index (χ3n) is 3.63. The van der Waals surface area contributed by atoms with Gasteiger partial charge in [-0.05, 0) is 32.9 Å². The summed E-state index contributed by atoms with van der Waals surface area (Å²) >= 11 is 0. The molecule has 0 radical (unpaired) electrons. The van der Waals surface area contributed by atoms with Crippen LogP contribution in [-0.4, -0.2) is 41.0 Å². The van der Waals surface area contributed by atoms with E-state index in [9.17, 15) is 0 Å². The number of rotatable bonds is 7. The van der Waals surface area contributed by atoms with Gasteiger partial charge in [0.15, 0.2) is 23.3 Å². The molecule has 26 heavy (non-hydrogen) atoms. The molecule has 0 fully saturated rings. The van der Waals surface area contributed by atoms with Gasteiger partial charge in [-0.25, -0.2) is 4.99 Å². The highest BCUT2D eigenvalue weighted by Crippen LogP contribution is 2.30. The fraction of sp³-hybridized carbons (Fsp3) is 0.471. The second-order valence-corrected chi connectivity index (χ2v) is 5.34. The normalized spacial score (nSPS) is 10.9. The van der Waals surface area contributed by atoms with E-state index in [-0.39, 0.29) is 24.0 Å². The number of halogens is 1. The average molecular weight is 474 g/mol. The van der Waals surface area contributed by atoms with Crippen LogP contribution in [-0.2, 0) is 13.6 Å². The predicted octanol–water partition coefficient (Wildman–Crippen LogP) is 2.73. The van der Waals surface area contributed by atoms with Crippen molar-refractivity contribution in [1.82, 2.24) is 20.1 Å². The number of anilines is 1. The van der Waals surface area contributed by atoms with Gasteiger partial charge in [-0.2, -0.15) is 0 Å². The first-order valence-corrected chi connectivity index (χ1v) is 8.30. The fourth-order valence-corrected chi connectivity index (χ4v) is 2.20. The highest BCUT2D eigenvalue weighted by Gasteiger charge is 2.08. The summed E-state index contributed by atoms with van der Waals surface area (Å²) in [6, 6.07) is 5.68. The molecule has 9 heteroatoms.